The molecule has 0 saturated heterocycles. The topological polar surface area (TPSA) is 21.3 Å². The van der Waals surface area contributed by atoms with Gasteiger partial charge in [-0.05, 0) is 30.5 Å². The van der Waals surface area contributed by atoms with Crippen LogP contribution in [0.5, 0.6) is 0 Å². The van der Waals surface area contributed by atoms with Crippen LogP contribution in [0.3, 0.4) is 0 Å². The number of halogens is 1. The lowest BCUT2D eigenvalue weighted by Crippen LogP contribution is -2.37. The molecule has 0 bridgehead atoms. The van der Waals surface area contributed by atoms with Crippen molar-refractivity contribution in [3.05, 3.63) is 47.0 Å². The summed E-state index contributed by atoms with van der Waals surface area (Å²) in [7, 11) is 1.73. The smallest absolute Gasteiger partial charge is 0.0587 e. The fourth-order valence-electron chi connectivity index (χ4n) is 2.49. The lowest BCUT2D eigenvalue weighted by molar-refractivity contribution is 0.196. The lowest BCUT2D eigenvalue weighted by atomic mass is 9.78. The summed E-state index contributed by atoms with van der Waals surface area (Å²) in [5.74, 6) is 0. The van der Waals surface area contributed by atoms with Crippen molar-refractivity contribution in [2.24, 2.45) is 0 Å². The van der Waals surface area contributed by atoms with E-state index in [0.717, 1.165) is 37.6 Å². The van der Waals surface area contributed by atoms with Gasteiger partial charge in [0.25, 0.3) is 0 Å². The molecule has 1 aromatic carbocycles. The molecular weight excluding hydrogens is 246 g/mol. The third-order valence-corrected chi connectivity index (χ3v) is 3.84. The number of hydrogen-bond donors (Lipinski definition) is 1. The van der Waals surface area contributed by atoms with Crippen molar-refractivity contribution < 1.29 is 4.74 Å². The van der Waals surface area contributed by atoms with Crippen molar-refractivity contribution in [2.75, 3.05) is 26.8 Å². The first-order chi connectivity index (χ1) is 8.77. The highest BCUT2D eigenvalue weighted by Gasteiger charge is 2.32. The molecule has 0 atom stereocenters. The van der Waals surface area contributed by atoms with Crippen LogP contribution < -0.4 is 5.32 Å². The Balaban J connectivity index is 2.04. The van der Waals surface area contributed by atoms with E-state index in [2.05, 4.69) is 29.6 Å². The Kier molecular flexibility index (Phi) is 4.81. The maximum Gasteiger partial charge on any atom is 0.0587 e. The molecule has 1 aliphatic rings. The maximum absolute atomic E-state index is 5.96. The third kappa shape index (κ3) is 3.14. The summed E-state index contributed by atoms with van der Waals surface area (Å²) in [6, 6.07) is 8.25. The van der Waals surface area contributed by atoms with Gasteiger partial charge in [0.15, 0.2) is 0 Å². The number of benzene rings is 1. The van der Waals surface area contributed by atoms with Crippen molar-refractivity contribution >= 4 is 11.6 Å². The second-order valence-corrected chi connectivity index (χ2v) is 5.27. The highest BCUT2D eigenvalue weighted by molar-refractivity contribution is 6.30. The normalized spacial score (nSPS) is 17.2. The van der Waals surface area contributed by atoms with Gasteiger partial charge >= 0.3 is 0 Å². The fraction of sp³-hybridized carbons (Fsp3) is 0.467. The maximum atomic E-state index is 5.96. The first-order valence-corrected chi connectivity index (χ1v) is 6.75. The minimum Gasteiger partial charge on any atom is -0.383 e. The second-order valence-electron chi connectivity index (χ2n) is 4.84. The molecule has 3 heteroatoms. The molecule has 0 heterocycles. The standard InChI is InChI=1S/C15H20ClNO/c1-18-11-10-17-12-15(8-2-3-9-15)13-4-6-14(16)7-5-13/h2-7,17H,8-12H2,1H3. The summed E-state index contributed by atoms with van der Waals surface area (Å²) in [5, 5.41) is 4.28. The predicted molar refractivity (Wildman–Crippen MR) is 76.2 cm³/mol. The van der Waals surface area contributed by atoms with Gasteiger partial charge < -0.3 is 10.1 Å². The van der Waals surface area contributed by atoms with Crippen LogP contribution in [-0.4, -0.2) is 26.8 Å². The molecular formula is C15H20ClNO. The number of hydrogen-bond acceptors (Lipinski definition) is 2. The lowest BCUT2D eigenvalue weighted by Gasteiger charge is -2.30. The van der Waals surface area contributed by atoms with Crippen LogP contribution in [0.4, 0.5) is 0 Å². The summed E-state index contributed by atoms with van der Waals surface area (Å²) >= 11 is 5.96. The van der Waals surface area contributed by atoms with Gasteiger partial charge in [-0.25, -0.2) is 0 Å². The zero-order chi connectivity index (χ0) is 12.8. The fourth-order valence-corrected chi connectivity index (χ4v) is 2.61. The van der Waals surface area contributed by atoms with Gasteiger partial charge in [0.05, 0.1) is 6.61 Å². The Morgan fingerprint density at radius 3 is 2.50 bits per heavy atom. The molecule has 1 aromatic rings. The molecule has 0 fully saturated rings. The van der Waals surface area contributed by atoms with Crippen LogP contribution >= 0.6 is 11.6 Å². The molecule has 0 aromatic heterocycles. The quantitative estimate of drug-likeness (QED) is 0.630. The number of methoxy groups -OCH3 is 1. The van der Waals surface area contributed by atoms with Gasteiger partial charge in [-0.1, -0.05) is 35.9 Å². The average molecular weight is 266 g/mol. The van der Waals surface area contributed by atoms with Crippen molar-refractivity contribution in [1.82, 2.24) is 5.32 Å². The van der Waals surface area contributed by atoms with E-state index in [1.807, 2.05) is 12.1 Å². The van der Waals surface area contributed by atoms with Gasteiger partial charge in [0, 0.05) is 30.6 Å². The van der Waals surface area contributed by atoms with Crippen LogP contribution in [0, 0.1) is 0 Å². The van der Waals surface area contributed by atoms with Crippen LogP contribution in [0.2, 0.25) is 5.02 Å². The Labute approximate surface area is 114 Å². The van der Waals surface area contributed by atoms with Crippen molar-refractivity contribution in [1.29, 1.82) is 0 Å². The molecule has 2 nitrogen and oxygen atoms in total. The van der Waals surface area contributed by atoms with Crippen LogP contribution in [0.15, 0.2) is 36.4 Å². The van der Waals surface area contributed by atoms with E-state index in [4.69, 9.17) is 16.3 Å². The number of nitrogens with one attached hydrogen (secondary N) is 1. The van der Waals surface area contributed by atoms with Gasteiger partial charge in [-0.15, -0.1) is 0 Å². The van der Waals surface area contributed by atoms with Crippen molar-refractivity contribution in [3.8, 4) is 0 Å². The molecule has 0 amide bonds. The van der Waals surface area contributed by atoms with E-state index in [1.165, 1.54) is 5.56 Å². The Morgan fingerprint density at radius 1 is 1.22 bits per heavy atom. The summed E-state index contributed by atoms with van der Waals surface area (Å²) in [6.07, 6.45) is 6.72. The molecule has 0 spiro atoms. The van der Waals surface area contributed by atoms with Crippen LogP contribution in [0.1, 0.15) is 18.4 Å². The zero-order valence-corrected chi connectivity index (χ0v) is 11.5. The van der Waals surface area contributed by atoms with E-state index in [1.54, 1.807) is 7.11 Å². The Morgan fingerprint density at radius 2 is 1.89 bits per heavy atom. The predicted octanol–water partition coefficient (Wildman–Crippen LogP) is 3.16. The van der Waals surface area contributed by atoms with Gasteiger partial charge in [0.2, 0.25) is 0 Å². The van der Waals surface area contributed by atoms with E-state index in [-0.39, 0.29) is 5.41 Å². The average Bonchev–Trinajstić information content (AvgIpc) is 2.85. The number of rotatable bonds is 6. The van der Waals surface area contributed by atoms with E-state index in [0.29, 0.717) is 0 Å². The minimum atomic E-state index is 0.193. The molecule has 1 aliphatic carbocycles. The SMILES string of the molecule is COCCNCC1(c2ccc(Cl)cc2)CC=CC1. The molecule has 98 valence electrons. The molecule has 18 heavy (non-hydrogen) atoms. The third-order valence-electron chi connectivity index (χ3n) is 3.59. The monoisotopic (exact) mass is 265 g/mol. The van der Waals surface area contributed by atoms with Crippen molar-refractivity contribution in [3.63, 3.8) is 0 Å². The summed E-state index contributed by atoms with van der Waals surface area (Å²) in [5.41, 5.74) is 1.56. The molecule has 0 saturated carbocycles. The first-order valence-electron chi connectivity index (χ1n) is 6.37. The number of allylic oxidation sites excluding steroid dienone is 2. The summed E-state index contributed by atoms with van der Waals surface area (Å²) in [6.45, 7) is 2.63. The highest BCUT2D eigenvalue weighted by Crippen LogP contribution is 2.36. The Bertz CT molecular complexity index is 391. The van der Waals surface area contributed by atoms with Crippen molar-refractivity contribution in [2.45, 2.75) is 18.3 Å². The van der Waals surface area contributed by atoms with Crippen LogP contribution in [0.25, 0.3) is 0 Å². The summed E-state index contributed by atoms with van der Waals surface area (Å²) in [4.78, 5) is 0. The molecule has 0 unspecified atom stereocenters. The minimum absolute atomic E-state index is 0.193. The van der Waals surface area contributed by atoms with E-state index >= 15 is 0 Å². The van der Waals surface area contributed by atoms with E-state index < -0.39 is 0 Å². The molecule has 1 N–H and O–H groups in total. The highest BCUT2D eigenvalue weighted by atomic mass is 35.5. The van der Waals surface area contributed by atoms with Gasteiger partial charge in [-0.2, -0.15) is 0 Å². The van der Waals surface area contributed by atoms with Gasteiger partial charge in [0.1, 0.15) is 0 Å². The second kappa shape index (κ2) is 6.37. The summed E-state index contributed by atoms with van der Waals surface area (Å²) < 4.78 is 5.07. The molecule has 2 rings (SSSR count). The first kappa shape index (κ1) is 13.6. The van der Waals surface area contributed by atoms with Gasteiger partial charge in [-0.3, -0.25) is 0 Å². The zero-order valence-electron chi connectivity index (χ0n) is 10.8. The molecule has 0 radical (unpaired) electrons. The van der Waals surface area contributed by atoms with Crippen LogP contribution in [-0.2, 0) is 10.2 Å². The largest absolute Gasteiger partial charge is 0.383 e. The number of ether oxygens (including phenoxy) is 1. The molecule has 0 aliphatic heterocycles. The Hall–Kier alpha value is -0.830. The van der Waals surface area contributed by atoms with E-state index in [9.17, 15) is 0 Å².